The first kappa shape index (κ1) is 18.2. The summed E-state index contributed by atoms with van der Waals surface area (Å²) in [6.45, 7) is 4.06. The van der Waals surface area contributed by atoms with Crippen LogP contribution in [-0.4, -0.2) is 27.4 Å². The van der Waals surface area contributed by atoms with Crippen LogP contribution in [0.5, 0.6) is 0 Å². The van der Waals surface area contributed by atoms with Crippen LogP contribution in [-0.2, 0) is 11.2 Å². The molecule has 134 valence electrons. The van der Waals surface area contributed by atoms with Crippen molar-refractivity contribution in [3.8, 4) is 0 Å². The van der Waals surface area contributed by atoms with E-state index in [1.165, 1.54) is 41.5 Å². The summed E-state index contributed by atoms with van der Waals surface area (Å²) in [4.78, 5) is 12.3. The molecule has 1 heterocycles. The fourth-order valence-corrected chi connectivity index (χ4v) is 4.77. The first-order valence-corrected chi connectivity index (χ1v) is 10.5. The molecule has 1 atom stereocenters. The Morgan fingerprint density at radius 3 is 2.68 bits per heavy atom. The van der Waals surface area contributed by atoms with Crippen LogP contribution in [0.3, 0.4) is 0 Å². The van der Waals surface area contributed by atoms with Crippen LogP contribution in [0.15, 0.2) is 28.6 Å². The zero-order chi connectivity index (χ0) is 17.6. The van der Waals surface area contributed by atoms with Gasteiger partial charge in [-0.1, -0.05) is 55.0 Å². The maximum Gasteiger partial charge on any atom is 0.233 e. The number of aromatic nitrogens is 2. The minimum absolute atomic E-state index is 0.0942. The molecule has 0 bridgehead atoms. The number of hydrogen-bond donors (Lipinski definition) is 2. The first-order valence-electron chi connectivity index (χ1n) is 8.80. The predicted octanol–water partition coefficient (Wildman–Crippen LogP) is 4.38. The van der Waals surface area contributed by atoms with Gasteiger partial charge in [0.25, 0.3) is 0 Å². The second-order valence-corrected chi connectivity index (χ2v) is 8.86. The van der Waals surface area contributed by atoms with Gasteiger partial charge in [-0.15, -0.1) is 10.2 Å². The Hall–Kier alpha value is -1.60. The van der Waals surface area contributed by atoms with Crippen LogP contribution >= 0.6 is 23.1 Å². The summed E-state index contributed by atoms with van der Waals surface area (Å²) >= 11 is 2.94. The van der Waals surface area contributed by atoms with Gasteiger partial charge in [0.15, 0.2) is 4.34 Å². The van der Waals surface area contributed by atoms with Gasteiger partial charge in [0, 0.05) is 11.7 Å². The number of rotatable bonds is 7. The van der Waals surface area contributed by atoms with E-state index in [1.807, 2.05) is 19.1 Å². The molecule has 1 fully saturated rings. The fraction of sp³-hybridized carbons (Fsp3) is 0.500. The van der Waals surface area contributed by atoms with E-state index in [4.69, 9.17) is 0 Å². The Morgan fingerprint density at radius 2 is 2.00 bits per heavy atom. The van der Waals surface area contributed by atoms with Gasteiger partial charge in [-0.2, -0.15) is 0 Å². The number of anilines is 2. The second kappa shape index (κ2) is 8.67. The van der Waals surface area contributed by atoms with Crippen molar-refractivity contribution >= 4 is 39.8 Å². The summed E-state index contributed by atoms with van der Waals surface area (Å²) in [5, 5.41) is 15.4. The summed E-state index contributed by atoms with van der Waals surface area (Å²) in [5.41, 5.74) is 2.30. The van der Waals surface area contributed by atoms with Gasteiger partial charge in [0.05, 0.1) is 5.25 Å². The van der Waals surface area contributed by atoms with E-state index in [1.54, 1.807) is 0 Å². The lowest BCUT2D eigenvalue weighted by atomic mass is 10.1. The quantitative estimate of drug-likeness (QED) is 0.702. The number of hydrogen-bond acceptors (Lipinski definition) is 6. The van der Waals surface area contributed by atoms with E-state index < -0.39 is 0 Å². The Bertz CT molecular complexity index is 695. The second-order valence-electron chi connectivity index (χ2n) is 6.30. The van der Waals surface area contributed by atoms with E-state index in [-0.39, 0.29) is 11.2 Å². The molecule has 0 radical (unpaired) electrons. The maximum absolute atomic E-state index is 12.3. The Balaban J connectivity index is 1.52. The topological polar surface area (TPSA) is 66.9 Å². The van der Waals surface area contributed by atoms with E-state index in [9.17, 15) is 4.79 Å². The van der Waals surface area contributed by atoms with Crippen molar-refractivity contribution in [2.75, 3.05) is 5.32 Å². The highest BCUT2D eigenvalue weighted by Gasteiger charge is 2.22. The van der Waals surface area contributed by atoms with Crippen LogP contribution in [0.1, 0.15) is 45.1 Å². The molecule has 1 aromatic heterocycles. The number of aryl methyl sites for hydroxylation is 1. The Morgan fingerprint density at radius 1 is 1.28 bits per heavy atom. The van der Waals surface area contributed by atoms with Crippen LogP contribution in [0.2, 0.25) is 0 Å². The monoisotopic (exact) mass is 376 g/mol. The Labute approximate surface area is 157 Å². The van der Waals surface area contributed by atoms with Crippen molar-refractivity contribution in [3.05, 3.63) is 29.8 Å². The van der Waals surface area contributed by atoms with Gasteiger partial charge in [0.2, 0.25) is 11.0 Å². The third kappa shape index (κ3) is 5.19. The molecule has 2 aromatic rings. The van der Waals surface area contributed by atoms with E-state index in [0.717, 1.165) is 34.4 Å². The molecule has 7 heteroatoms. The SMILES string of the molecule is CCc1ccc(Nc2nnc(S[C@H](C)C(=O)NC3CCCC3)s2)cc1. The molecule has 3 rings (SSSR count). The molecule has 0 spiro atoms. The van der Waals surface area contributed by atoms with Gasteiger partial charge in [0.1, 0.15) is 0 Å². The van der Waals surface area contributed by atoms with Crippen molar-refractivity contribution in [1.29, 1.82) is 0 Å². The van der Waals surface area contributed by atoms with Crippen molar-refractivity contribution in [3.63, 3.8) is 0 Å². The Kier molecular flexibility index (Phi) is 6.31. The average Bonchev–Trinajstić information content (AvgIpc) is 3.27. The number of thioether (sulfide) groups is 1. The van der Waals surface area contributed by atoms with Gasteiger partial charge in [-0.25, -0.2) is 0 Å². The van der Waals surface area contributed by atoms with Gasteiger partial charge in [-0.3, -0.25) is 4.79 Å². The molecule has 1 amide bonds. The van der Waals surface area contributed by atoms with Gasteiger partial charge < -0.3 is 10.6 Å². The molecule has 2 N–H and O–H groups in total. The highest BCUT2D eigenvalue weighted by molar-refractivity contribution is 8.02. The van der Waals surface area contributed by atoms with Crippen molar-refractivity contribution in [1.82, 2.24) is 15.5 Å². The number of amides is 1. The number of carbonyl (C=O) groups is 1. The zero-order valence-corrected chi connectivity index (χ0v) is 16.3. The highest BCUT2D eigenvalue weighted by Crippen LogP contribution is 2.31. The first-order chi connectivity index (χ1) is 12.1. The van der Waals surface area contributed by atoms with Crippen molar-refractivity contribution in [2.24, 2.45) is 0 Å². The largest absolute Gasteiger partial charge is 0.352 e. The lowest BCUT2D eigenvalue weighted by Gasteiger charge is -2.15. The molecular formula is C18H24N4OS2. The number of nitrogens with zero attached hydrogens (tertiary/aromatic N) is 2. The van der Waals surface area contributed by atoms with E-state index in [2.05, 4.69) is 39.9 Å². The molecule has 5 nitrogen and oxygen atoms in total. The minimum Gasteiger partial charge on any atom is -0.352 e. The third-order valence-corrected chi connectivity index (χ3v) is 6.39. The maximum atomic E-state index is 12.3. The lowest BCUT2D eigenvalue weighted by Crippen LogP contribution is -2.37. The molecule has 1 aliphatic carbocycles. The van der Waals surface area contributed by atoms with E-state index in [0.29, 0.717) is 6.04 Å². The summed E-state index contributed by atoms with van der Waals surface area (Å²) in [7, 11) is 0. The summed E-state index contributed by atoms with van der Waals surface area (Å²) in [5.74, 6) is 0.0942. The number of carbonyl (C=O) groups excluding carboxylic acids is 1. The molecular weight excluding hydrogens is 352 g/mol. The fourth-order valence-electron chi connectivity index (χ4n) is 2.85. The number of benzene rings is 1. The average molecular weight is 377 g/mol. The minimum atomic E-state index is -0.162. The summed E-state index contributed by atoms with van der Waals surface area (Å²) in [6.07, 6.45) is 5.68. The molecule has 0 aliphatic heterocycles. The van der Waals surface area contributed by atoms with Crippen LogP contribution < -0.4 is 10.6 Å². The summed E-state index contributed by atoms with van der Waals surface area (Å²) in [6, 6.07) is 8.66. The van der Waals surface area contributed by atoms with Crippen LogP contribution in [0, 0.1) is 0 Å². The van der Waals surface area contributed by atoms with E-state index >= 15 is 0 Å². The molecule has 0 unspecified atom stereocenters. The summed E-state index contributed by atoms with van der Waals surface area (Å²) < 4.78 is 0.807. The van der Waals surface area contributed by atoms with Crippen LogP contribution in [0.25, 0.3) is 0 Å². The molecule has 0 saturated heterocycles. The van der Waals surface area contributed by atoms with Gasteiger partial charge in [-0.05, 0) is 43.9 Å². The smallest absolute Gasteiger partial charge is 0.233 e. The number of nitrogens with one attached hydrogen (secondary N) is 2. The predicted molar refractivity (Wildman–Crippen MR) is 105 cm³/mol. The molecule has 1 aliphatic rings. The normalized spacial score (nSPS) is 15.9. The van der Waals surface area contributed by atoms with Crippen molar-refractivity contribution < 1.29 is 4.79 Å². The van der Waals surface area contributed by atoms with Gasteiger partial charge >= 0.3 is 0 Å². The van der Waals surface area contributed by atoms with Crippen LogP contribution in [0.4, 0.5) is 10.8 Å². The zero-order valence-electron chi connectivity index (χ0n) is 14.6. The lowest BCUT2D eigenvalue weighted by molar-refractivity contribution is -0.120. The highest BCUT2D eigenvalue weighted by atomic mass is 32.2. The molecule has 25 heavy (non-hydrogen) atoms. The standard InChI is InChI=1S/C18H24N4OS2/c1-3-13-8-10-15(11-9-13)20-17-21-22-18(25-17)24-12(2)16(23)19-14-6-4-5-7-14/h8-12,14H,3-7H2,1-2H3,(H,19,23)(H,20,21)/t12-/m1/s1. The molecule has 1 saturated carbocycles. The van der Waals surface area contributed by atoms with Crippen molar-refractivity contribution in [2.45, 2.75) is 61.6 Å². The molecule has 1 aromatic carbocycles. The third-order valence-electron chi connectivity index (χ3n) is 4.37.